The van der Waals surface area contributed by atoms with E-state index >= 15 is 0 Å². The summed E-state index contributed by atoms with van der Waals surface area (Å²) >= 11 is 0. The lowest BCUT2D eigenvalue weighted by atomic mass is 10.2. The van der Waals surface area contributed by atoms with Gasteiger partial charge in [-0.2, -0.15) is 0 Å². The van der Waals surface area contributed by atoms with E-state index in [0.29, 0.717) is 5.69 Å². The molecule has 0 radical (unpaired) electrons. The van der Waals surface area contributed by atoms with Gasteiger partial charge in [0.1, 0.15) is 11.4 Å². The van der Waals surface area contributed by atoms with Gasteiger partial charge in [0.25, 0.3) is 5.91 Å². The van der Waals surface area contributed by atoms with Crippen molar-refractivity contribution < 1.29 is 10.0 Å². The topological polar surface area (TPSA) is 62.2 Å². The molecule has 0 atom stereocenters. The minimum atomic E-state index is -0.654. The van der Waals surface area contributed by atoms with Gasteiger partial charge in [0.2, 0.25) is 0 Å². The number of hydrogen-bond donors (Lipinski definition) is 2. The summed E-state index contributed by atoms with van der Waals surface area (Å²) in [5.41, 5.74) is 3.00. The number of carbonyl (C=O) groups is 1. The molecule has 2 N–H and O–H groups in total. The van der Waals surface area contributed by atoms with Gasteiger partial charge in [0, 0.05) is 5.56 Å². The zero-order valence-electron chi connectivity index (χ0n) is 9.42. The molecule has 0 aliphatic carbocycles. The lowest BCUT2D eigenvalue weighted by Gasteiger charge is -1.97. The van der Waals surface area contributed by atoms with Crippen molar-refractivity contribution in [3.8, 4) is 11.8 Å². The molecule has 0 fully saturated rings. The van der Waals surface area contributed by atoms with Gasteiger partial charge in [-0.05, 0) is 30.2 Å². The summed E-state index contributed by atoms with van der Waals surface area (Å²) in [6.07, 6.45) is 0. The standard InChI is InChI=1S/C14H10N2O2/c17-14(16-18)13-8-4-7-12(15-13)10-9-11-5-2-1-3-6-11/h1-8,18H,(H,16,17). The first kappa shape index (κ1) is 11.8. The molecule has 0 saturated carbocycles. The smallest absolute Gasteiger partial charge is 0.288 e. The van der Waals surface area contributed by atoms with E-state index in [9.17, 15) is 4.79 Å². The maximum atomic E-state index is 11.2. The Balaban J connectivity index is 2.25. The monoisotopic (exact) mass is 238 g/mol. The van der Waals surface area contributed by atoms with Gasteiger partial charge in [-0.3, -0.25) is 10.0 Å². The molecule has 1 heterocycles. The molecule has 0 aliphatic rings. The second-order valence-corrected chi connectivity index (χ2v) is 3.47. The average molecular weight is 238 g/mol. The highest BCUT2D eigenvalue weighted by atomic mass is 16.5. The third kappa shape index (κ3) is 2.94. The van der Waals surface area contributed by atoms with Crippen molar-refractivity contribution >= 4 is 5.91 Å². The third-order valence-corrected chi connectivity index (χ3v) is 2.19. The van der Waals surface area contributed by atoms with E-state index < -0.39 is 5.91 Å². The third-order valence-electron chi connectivity index (χ3n) is 2.19. The van der Waals surface area contributed by atoms with E-state index in [0.717, 1.165) is 5.56 Å². The highest BCUT2D eigenvalue weighted by Gasteiger charge is 2.04. The highest BCUT2D eigenvalue weighted by Crippen LogP contribution is 2.00. The van der Waals surface area contributed by atoms with Crippen molar-refractivity contribution in [2.75, 3.05) is 0 Å². The van der Waals surface area contributed by atoms with Gasteiger partial charge >= 0.3 is 0 Å². The second-order valence-electron chi connectivity index (χ2n) is 3.47. The predicted molar refractivity (Wildman–Crippen MR) is 65.9 cm³/mol. The first-order chi connectivity index (χ1) is 8.79. The summed E-state index contributed by atoms with van der Waals surface area (Å²) in [6.45, 7) is 0. The second kappa shape index (κ2) is 5.62. The summed E-state index contributed by atoms with van der Waals surface area (Å²) in [6, 6.07) is 14.3. The largest absolute Gasteiger partial charge is 0.293 e. The number of rotatable bonds is 1. The number of aromatic nitrogens is 1. The number of amides is 1. The van der Waals surface area contributed by atoms with Crippen molar-refractivity contribution in [2.45, 2.75) is 0 Å². The first-order valence-corrected chi connectivity index (χ1v) is 5.28. The van der Waals surface area contributed by atoms with Crippen LogP contribution in [0.25, 0.3) is 0 Å². The molecule has 4 heteroatoms. The Labute approximate surface area is 104 Å². The zero-order valence-corrected chi connectivity index (χ0v) is 9.42. The van der Waals surface area contributed by atoms with Crippen LogP contribution in [0.4, 0.5) is 0 Å². The molecule has 0 spiro atoms. The SMILES string of the molecule is O=C(NO)c1cccc(C#Cc2ccccc2)n1. The molecule has 2 rings (SSSR count). The van der Waals surface area contributed by atoms with Crippen molar-refractivity contribution in [3.05, 3.63) is 65.5 Å². The van der Waals surface area contributed by atoms with E-state index in [1.807, 2.05) is 30.3 Å². The molecule has 0 bridgehead atoms. The number of pyridine rings is 1. The maximum absolute atomic E-state index is 11.2. The highest BCUT2D eigenvalue weighted by molar-refractivity contribution is 5.91. The predicted octanol–water partition coefficient (Wildman–Crippen LogP) is 1.60. The fraction of sp³-hybridized carbons (Fsp3) is 0. The molecule has 0 saturated heterocycles. The van der Waals surface area contributed by atoms with Gasteiger partial charge in [-0.15, -0.1) is 0 Å². The van der Waals surface area contributed by atoms with Crippen LogP contribution in [0.5, 0.6) is 0 Å². The summed E-state index contributed by atoms with van der Waals surface area (Å²) in [7, 11) is 0. The van der Waals surface area contributed by atoms with E-state index in [1.54, 1.807) is 12.1 Å². The summed E-state index contributed by atoms with van der Waals surface area (Å²) in [4.78, 5) is 15.2. The van der Waals surface area contributed by atoms with Crippen LogP contribution in [0.1, 0.15) is 21.7 Å². The Morgan fingerprint density at radius 3 is 2.56 bits per heavy atom. The van der Waals surface area contributed by atoms with E-state index in [2.05, 4.69) is 16.8 Å². The van der Waals surface area contributed by atoms with Crippen LogP contribution >= 0.6 is 0 Å². The Hall–Kier alpha value is -2.64. The molecule has 1 aromatic heterocycles. The Morgan fingerprint density at radius 2 is 1.83 bits per heavy atom. The van der Waals surface area contributed by atoms with Gasteiger partial charge in [-0.25, -0.2) is 10.5 Å². The zero-order chi connectivity index (χ0) is 12.8. The van der Waals surface area contributed by atoms with E-state index in [-0.39, 0.29) is 5.69 Å². The number of benzene rings is 1. The summed E-state index contributed by atoms with van der Waals surface area (Å²) in [5.74, 6) is 5.14. The van der Waals surface area contributed by atoms with Crippen LogP contribution in [-0.4, -0.2) is 16.1 Å². The average Bonchev–Trinajstić information content (AvgIpc) is 2.45. The number of carbonyl (C=O) groups excluding carboxylic acids is 1. The lowest BCUT2D eigenvalue weighted by Crippen LogP contribution is -2.20. The number of hydroxylamine groups is 1. The van der Waals surface area contributed by atoms with Crippen LogP contribution in [-0.2, 0) is 0 Å². The molecule has 18 heavy (non-hydrogen) atoms. The Kier molecular flexibility index (Phi) is 3.69. The van der Waals surface area contributed by atoms with E-state index in [4.69, 9.17) is 5.21 Å². The van der Waals surface area contributed by atoms with E-state index in [1.165, 1.54) is 11.5 Å². The fourth-order valence-corrected chi connectivity index (χ4v) is 1.35. The van der Waals surface area contributed by atoms with Crippen molar-refractivity contribution in [2.24, 2.45) is 0 Å². The summed E-state index contributed by atoms with van der Waals surface area (Å²) in [5, 5.41) is 8.51. The molecule has 1 amide bonds. The van der Waals surface area contributed by atoms with Crippen molar-refractivity contribution in [1.82, 2.24) is 10.5 Å². The number of hydrogen-bond acceptors (Lipinski definition) is 3. The van der Waals surface area contributed by atoms with Crippen molar-refractivity contribution in [3.63, 3.8) is 0 Å². The molecule has 0 aliphatic heterocycles. The minimum Gasteiger partial charge on any atom is -0.288 e. The van der Waals surface area contributed by atoms with Gasteiger partial charge in [0.15, 0.2) is 0 Å². The van der Waals surface area contributed by atoms with Gasteiger partial charge in [-0.1, -0.05) is 30.2 Å². The van der Waals surface area contributed by atoms with Crippen molar-refractivity contribution in [1.29, 1.82) is 0 Å². The van der Waals surface area contributed by atoms with Gasteiger partial charge in [0.05, 0.1) is 0 Å². The molecule has 1 aromatic carbocycles. The normalized spacial score (nSPS) is 9.17. The van der Waals surface area contributed by atoms with Crippen LogP contribution in [0.3, 0.4) is 0 Å². The first-order valence-electron chi connectivity index (χ1n) is 5.28. The number of nitrogens with zero attached hydrogens (tertiary/aromatic N) is 1. The number of nitrogens with one attached hydrogen (secondary N) is 1. The Bertz CT molecular complexity index is 612. The Morgan fingerprint density at radius 1 is 1.06 bits per heavy atom. The quantitative estimate of drug-likeness (QED) is 0.450. The minimum absolute atomic E-state index is 0.123. The maximum Gasteiger partial charge on any atom is 0.293 e. The molecule has 2 aromatic rings. The molecular formula is C14H10N2O2. The van der Waals surface area contributed by atoms with Crippen LogP contribution in [0.15, 0.2) is 48.5 Å². The summed E-state index contributed by atoms with van der Waals surface area (Å²) < 4.78 is 0. The van der Waals surface area contributed by atoms with Gasteiger partial charge < -0.3 is 0 Å². The van der Waals surface area contributed by atoms with Crippen LogP contribution in [0.2, 0.25) is 0 Å². The van der Waals surface area contributed by atoms with Crippen LogP contribution in [0, 0.1) is 11.8 Å². The molecule has 0 unspecified atom stereocenters. The molecule has 4 nitrogen and oxygen atoms in total. The molecular weight excluding hydrogens is 228 g/mol. The van der Waals surface area contributed by atoms with Crippen LogP contribution < -0.4 is 5.48 Å². The lowest BCUT2D eigenvalue weighted by molar-refractivity contribution is 0.0700. The molecule has 88 valence electrons. The fourth-order valence-electron chi connectivity index (χ4n) is 1.35.